The number of hydrogen-bond acceptors (Lipinski definition) is 2. The van der Waals surface area contributed by atoms with E-state index in [4.69, 9.17) is 5.11 Å². The van der Waals surface area contributed by atoms with Gasteiger partial charge in [-0.05, 0) is 31.4 Å². The summed E-state index contributed by atoms with van der Waals surface area (Å²) in [5.74, 6) is -1.61. The van der Waals surface area contributed by atoms with Crippen LogP contribution in [-0.4, -0.2) is 23.5 Å². The van der Waals surface area contributed by atoms with Gasteiger partial charge < -0.3 is 10.4 Å². The zero-order valence-corrected chi connectivity index (χ0v) is 11.0. The van der Waals surface area contributed by atoms with Crippen molar-refractivity contribution in [2.75, 3.05) is 6.54 Å². The van der Waals surface area contributed by atoms with Gasteiger partial charge >= 0.3 is 5.97 Å². The number of benzene rings is 1. The molecule has 0 saturated carbocycles. The highest BCUT2D eigenvalue weighted by atomic mass is 16.4. The minimum absolute atomic E-state index is 0.165. The van der Waals surface area contributed by atoms with Crippen molar-refractivity contribution in [2.45, 2.75) is 27.2 Å². The molecule has 1 aromatic carbocycles. The maximum absolute atomic E-state index is 12.0. The van der Waals surface area contributed by atoms with Crippen LogP contribution < -0.4 is 5.32 Å². The van der Waals surface area contributed by atoms with Crippen LogP contribution in [0.4, 0.5) is 0 Å². The normalized spacial score (nSPS) is 11.9. The summed E-state index contributed by atoms with van der Waals surface area (Å²) in [6.45, 7) is 5.70. The van der Waals surface area contributed by atoms with Crippen molar-refractivity contribution in [3.05, 3.63) is 34.9 Å². The van der Waals surface area contributed by atoms with Gasteiger partial charge in [-0.3, -0.25) is 9.59 Å². The molecule has 1 aromatic rings. The molecule has 4 heteroatoms. The van der Waals surface area contributed by atoms with Crippen LogP contribution in [0.25, 0.3) is 0 Å². The number of carboxylic acid groups (broad SMARTS) is 1. The van der Waals surface area contributed by atoms with Gasteiger partial charge in [-0.2, -0.15) is 0 Å². The van der Waals surface area contributed by atoms with Gasteiger partial charge in [0.1, 0.15) is 0 Å². The average molecular weight is 249 g/mol. The molecule has 0 saturated heterocycles. The minimum Gasteiger partial charge on any atom is -0.481 e. The number of aryl methyl sites for hydroxylation is 2. The van der Waals surface area contributed by atoms with Crippen LogP contribution in [0.5, 0.6) is 0 Å². The Bertz CT molecular complexity index is 434. The van der Waals surface area contributed by atoms with Crippen molar-refractivity contribution >= 4 is 11.9 Å². The number of aliphatic carboxylic acids is 1. The summed E-state index contributed by atoms with van der Waals surface area (Å²) in [7, 11) is 0. The van der Waals surface area contributed by atoms with E-state index < -0.39 is 11.9 Å². The molecule has 4 nitrogen and oxygen atoms in total. The molecule has 0 aliphatic heterocycles. The van der Waals surface area contributed by atoms with Crippen molar-refractivity contribution in [3.63, 3.8) is 0 Å². The number of carbonyl (C=O) groups is 2. The van der Waals surface area contributed by atoms with Crippen LogP contribution in [0.3, 0.4) is 0 Å². The third-order valence-electron chi connectivity index (χ3n) is 3.06. The smallest absolute Gasteiger partial charge is 0.308 e. The fourth-order valence-corrected chi connectivity index (χ4v) is 1.88. The Morgan fingerprint density at radius 1 is 1.28 bits per heavy atom. The molecule has 0 aliphatic carbocycles. The van der Waals surface area contributed by atoms with Crippen LogP contribution in [0, 0.1) is 19.8 Å². The summed E-state index contributed by atoms with van der Waals surface area (Å²) >= 11 is 0. The van der Waals surface area contributed by atoms with Gasteiger partial charge in [0.15, 0.2) is 0 Å². The van der Waals surface area contributed by atoms with E-state index in [9.17, 15) is 9.59 Å². The Kier molecular flexibility index (Phi) is 4.89. The van der Waals surface area contributed by atoms with E-state index in [1.807, 2.05) is 32.0 Å². The topological polar surface area (TPSA) is 66.4 Å². The van der Waals surface area contributed by atoms with Crippen molar-refractivity contribution in [1.29, 1.82) is 0 Å². The zero-order valence-electron chi connectivity index (χ0n) is 11.0. The first-order valence-corrected chi connectivity index (χ1v) is 6.04. The molecule has 2 N–H and O–H groups in total. The largest absolute Gasteiger partial charge is 0.481 e. The second-order valence-corrected chi connectivity index (χ2v) is 4.42. The molecule has 0 aromatic heterocycles. The van der Waals surface area contributed by atoms with Gasteiger partial charge in [0.05, 0.1) is 5.92 Å². The van der Waals surface area contributed by atoms with E-state index in [2.05, 4.69) is 5.32 Å². The number of nitrogens with one attached hydrogen (secondary N) is 1. The zero-order chi connectivity index (χ0) is 13.7. The third kappa shape index (κ3) is 3.32. The van der Waals surface area contributed by atoms with Crippen LogP contribution in [0.15, 0.2) is 18.2 Å². The van der Waals surface area contributed by atoms with E-state index in [0.717, 1.165) is 11.1 Å². The fraction of sp³-hybridized carbons (Fsp3) is 0.429. The van der Waals surface area contributed by atoms with Gasteiger partial charge in [0.25, 0.3) is 5.91 Å². The lowest BCUT2D eigenvalue weighted by Crippen LogP contribution is -2.33. The molecule has 98 valence electrons. The number of carbonyl (C=O) groups excluding carboxylic acids is 1. The lowest BCUT2D eigenvalue weighted by Gasteiger charge is -2.13. The van der Waals surface area contributed by atoms with E-state index in [-0.39, 0.29) is 12.5 Å². The average Bonchev–Trinajstić information content (AvgIpc) is 2.29. The first-order chi connectivity index (χ1) is 8.47. The Hall–Kier alpha value is -1.84. The number of amides is 1. The predicted octanol–water partition coefficient (Wildman–Crippen LogP) is 2.14. The van der Waals surface area contributed by atoms with Gasteiger partial charge in [-0.15, -0.1) is 0 Å². The molecule has 0 bridgehead atoms. The third-order valence-corrected chi connectivity index (χ3v) is 3.06. The Morgan fingerprint density at radius 3 is 2.28 bits per heavy atom. The van der Waals surface area contributed by atoms with Gasteiger partial charge in [0, 0.05) is 12.1 Å². The van der Waals surface area contributed by atoms with E-state index in [1.165, 1.54) is 0 Å². The molecule has 0 radical (unpaired) electrons. The van der Waals surface area contributed by atoms with Crippen molar-refractivity contribution in [2.24, 2.45) is 5.92 Å². The molecule has 1 amide bonds. The maximum Gasteiger partial charge on any atom is 0.308 e. The van der Waals surface area contributed by atoms with E-state index in [1.54, 1.807) is 6.92 Å². The predicted molar refractivity (Wildman–Crippen MR) is 69.7 cm³/mol. The van der Waals surface area contributed by atoms with Crippen LogP contribution >= 0.6 is 0 Å². The van der Waals surface area contributed by atoms with Crippen molar-refractivity contribution < 1.29 is 14.7 Å². The highest BCUT2D eigenvalue weighted by molar-refractivity contribution is 5.97. The molecule has 0 aliphatic rings. The molecule has 0 heterocycles. The number of carboxylic acids is 1. The lowest BCUT2D eigenvalue weighted by molar-refractivity contribution is -0.141. The van der Waals surface area contributed by atoms with Gasteiger partial charge in [-0.1, -0.05) is 25.1 Å². The highest BCUT2D eigenvalue weighted by Gasteiger charge is 2.17. The molecule has 0 fully saturated rings. The first-order valence-electron chi connectivity index (χ1n) is 6.04. The Balaban J connectivity index is 2.74. The van der Waals surface area contributed by atoms with E-state index >= 15 is 0 Å². The summed E-state index contributed by atoms with van der Waals surface area (Å²) in [5, 5.41) is 11.6. The first kappa shape index (κ1) is 14.2. The monoisotopic (exact) mass is 249 g/mol. The lowest BCUT2D eigenvalue weighted by atomic mass is 10.0. The summed E-state index contributed by atoms with van der Waals surface area (Å²) in [6, 6.07) is 5.64. The van der Waals surface area contributed by atoms with Gasteiger partial charge in [0.2, 0.25) is 0 Å². The Labute approximate surface area is 107 Å². The quantitative estimate of drug-likeness (QED) is 0.840. The molecule has 1 rings (SSSR count). The van der Waals surface area contributed by atoms with Crippen molar-refractivity contribution in [1.82, 2.24) is 5.32 Å². The molecular formula is C14H19NO3. The molecule has 0 spiro atoms. The summed E-state index contributed by atoms with van der Waals surface area (Å²) < 4.78 is 0. The summed E-state index contributed by atoms with van der Waals surface area (Å²) in [4.78, 5) is 22.9. The second-order valence-electron chi connectivity index (χ2n) is 4.42. The summed E-state index contributed by atoms with van der Waals surface area (Å²) in [6.07, 6.45) is 0.502. The number of hydrogen-bond donors (Lipinski definition) is 2. The maximum atomic E-state index is 12.0. The van der Waals surface area contributed by atoms with Gasteiger partial charge in [-0.25, -0.2) is 0 Å². The van der Waals surface area contributed by atoms with Crippen LogP contribution in [0.2, 0.25) is 0 Å². The molecular weight excluding hydrogens is 230 g/mol. The number of rotatable bonds is 5. The van der Waals surface area contributed by atoms with Crippen LogP contribution in [0.1, 0.15) is 34.8 Å². The second kappa shape index (κ2) is 6.19. The Morgan fingerprint density at radius 2 is 1.83 bits per heavy atom. The van der Waals surface area contributed by atoms with Crippen molar-refractivity contribution in [3.8, 4) is 0 Å². The SMILES string of the molecule is CCC(CNC(=O)c1c(C)cccc1C)C(=O)O. The van der Waals surface area contributed by atoms with Crippen LogP contribution in [-0.2, 0) is 4.79 Å². The minimum atomic E-state index is -0.876. The molecule has 1 unspecified atom stereocenters. The summed E-state index contributed by atoms with van der Waals surface area (Å²) in [5.41, 5.74) is 2.43. The molecule has 18 heavy (non-hydrogen) atoms. The van der Waals surface area contributed by atoms with E-state index in [0.29, 0.717) is 12.0 Å². The standard InChI is InChI=1S/C14H19NO3/c1-4-11(14(17)18)8-15-13(16)12-9(2)6-5-7-10(12)3/h5-7,11H,4,8H2,1-3H3,(H,15,16)(H,17,18). The fourth-order valence-electron chi connectivity index (χ4n) is 1.88. The molecule has 1 atom stereocenters. The highest BCUT2D eigenvalue weighted by Crippen LogP contribution is 2.13.